The minimum absolute atomic E-state index is 0.103. The highest BCUT2D eigenvalue weighted by Crippen LogP contribution is 2.34. The summed E-state index contributed by atoms with van der Waals surface area (Å²) in [5, 5.41) is 4.89. The highest BCUT2D eigenvalue weighted by Gasteiger charge is 2.36. The van der Waals surface area contributed by atoms with Crippen molar-refractivity contribution in [3.05, 3.63) is 35.0 Å². The number of carbonyl (C=O) groups excluding carboxylic acids is 2. The number of benzene rings is 1. The van der Waals surface area contributed by atoms with Crippen molar-refractivity contribution in [2.45, 2.75) is 32.5 Å². The minimum atomic E-state index is -4.66. The van der Waals surface area contributed by atoms with Gasteiger partial charge in [0, 0.05) is 5.70 Å². The molecule has 0 saturated carbocycles. The summed E-state index contributed by atoms with van der Waals surface area (Å²) < 4.78 is 52.4. The van der Waals surface area contributed by atoms with Crippen molar-refractivity contribution < 1.29 is 37.0 Å². The molecule has 1 aromatic carbocycles. The molecule has 0 fully saturated rings. The summed E-state index contributed by atoms with van der Waals surface area (Å²) in [7, 11) is 1.43. The van der Waals surface area contributed by atoms with Gasteiger partial charge in [-0.2, -0.15) is 13.2 Å². The molecule has 0 radical (unpaired) electrons. The van der Waals surface area contributed by atoms with Gasteiger partial charge in [-0.3, -0.25) is 0 Å². The number of methoxy groups -OCH3 is 1. The molecule has 7 nitrogen and oxygen atoms in total. The molecule has 0 saturated heterocycles. The van der Waals surface area contributed by atoms with E-state index < -0.39 is 30.8 Å². The first-order chi connectivity index (χ1) is 13.2. The molecule has 1 aromatic rings. The molecule has 154 valence electrons. The highest BCUT2D eigenvalue weighted by molar-refractivity contribution is 5.95. The fourth-order valence-corrected chi connectivity index (χ4v) is 2.63. The average Bonchev–Trinajstić information content (AvgIpc) is 2.63. The van der Waals surface area contributed by atoms with Crippen LogP contribution >= 0.6 is 0 Å². The van der Waals surface area contributed by atoms with E-state index in [-0.39, 0.29) is 11.3 Å². The van der Waals surface area contributed by atoms with Crippen molar-refractivity contribution in [2.75, 3.05) is 20.3 Å². The Labute approximate surface area is 159 Å². The topological polar surface area (TPSA) is 85.9 Å². The Morgan fingerprint density at radius 3 is 2.57 bits per heavy atom. The van der Waals surface area contributed by atoms with Gasteiger partial charge < -0.3 is 24.8 Å². The van der Waals surface area contributed by atoms with Crippen LogP contribution in [0.4, 0.5) is 18.0 Å². The molecule has 1 heterocycles. The first kappa shape index (κ1) is 21.4. The van der Waals surface area contributed by atoms with Crippen LogP contribution in [0.2, 0.25) is 0 Å². The number of nitrogens with one attached hydrogen (secondary N) is 2. The molecule has 0 bridgehead atoms. The number of rotatable bonds is 7. The number of urea groups is 1. The van der Waals surface area contributed by atoms with E-state index in [0.29, 0.717) is 23.7 Å². The van der Waals surface area contributed by atoms with Gasteiger partial charge in [0.15, 0.2) is 18.1 Å². The van der Waals surface area contributed by atoms with Crippen LogP contribution < -0.4 is 20.1 Å². The second kappa shape index (κ2) is 8.85. The van der Waals surface area contributed by atoms with Gasteiger partial charge in [0.25, 0.3) is 0 Å². The number of esters is 1. The number of carbonyl (C=O) groups is 2. The third-order valence-corrected chi connectivity index (χ3v) is 3.84. The number of allylic oxidation sites excluding steroid dienone is 1. The van der Waals surface area contributed by atoms with Gasteiger partial charge in [-0.1, -0.05) is 13.0 Å². The third-order valence-electron chi connectivity index (χ3n) is 3.84. The molecule has 1 atom stereocenters. The van der Waals surface area contributed by atoms with Gasteiger partial charge in [-0.25, -0.2) is 9.59 Å². The van der Waals surface area contributed by atoms with E-state index in [1.165, 1.54) is 14.0 Å². The van der Waals surface area contributed by atoms with E-state index in [1.807, 2.05) is 6.92 Å². The number of alkyl halides is 3. The van der Waals surface area contributed by atoms with E-state index in [4.69, 9.17) is 9.47 Å². The molecule has 2 amide bonds. The lowest BCUT2D eigenvalue weighted by atomic mass is 9.95. The van der Waals surface area contributed by atoms with Crippen LogP contribution in [0.3, 0.4) is 0 Å². The van der Waals surface area contributed by atoms with Crippen molar-refractivity contribution in [1.29, 1.82) is 0 Å². The molecule has 2 rings (SSSR count). The second-order valence-electron chi connectivity index (χ2n) is 6.02. The first-order valence-electron chi connectivity index (χ1n) is 8.49. The van der Waals surface area contributed by atoms with E-state index in [2.05, 4.69) is 15.4 Å². The zero-order chi connectivity index (χ0) is 20.9. The van der Waals surface area contributed by atoms with Crippen LogP contribution in [0.15, 0.2) is 29.5 Å². The molecular weight excluding hydrogens is 381 g/mol. The van der Waals surface area contributed by atoms with Gasteiger partial charge >= 0.3 is 18.2 Å². The molecule has 10 heteroatoms. The SMILES string of the molecule is CCCOc1ccc(C2NC(=O)NC(C)=C2C(=O)OCC(F)(F)F)cc1OC. The van der Waals surface area contributed by atoms with Crippen LogP contribution in [-0.4, -0.2) is 38.5 Å². The number of hydrogen-bond donors (Lipinski definition) is 2. The van der Waals surface area contributed by atoms with Crippen molar-refractivity contribution >= 4 is 12.0 Å². The molecule has 2 N–H and O–H groups in total. The Balaban J connectivity index is 2.36. The molecule has 0 aromatic heterocycles. The van der Waals surface area contributed by atoms with Crippen molar-refractivity contribution in [3.8, 4) is 11.5 Å². The zero-order valence-corrected chi connectivity index (χ0v) is 15.6. The molecule has 1 unspecified atom stereocenters. The fraction of sp³-hybridized carbons (Fsp3) is 0.444. The maximum atomic E-state index is 12.4. The summed E-state index contributed by atoms with van der Waals surface area (Å²) in [4.78, 5) is 24.1. The van der Waals surface area contributed by atoms with Gasteiger partial charge in [0.2, 0.25) is 0 Å². The van der Waals surface area contributed by atoms with Gasteiger partial charge in [0.05, 0.1) is 25.3 Å². The Morgan fingerprint density at radius 2 is 1.96 bits per heavy atom. The van der Waals surface area contributed by atoms with Crippen LogP contribution in [0.1, 0.15) is 31.9 Å². The summed E-state index contributed by atoms with van der Waals surface area (Å²) >= 11 is 0. The molecule has 1 aliphatic rings. The molecule has 28 heavy (non-hydrogen) atoms. The van der Waals surface area contributed by atoms with E-state index in [9.17, 15) is 22.8 Å². The monoisotopic (exact) mass is 402 g/mol. The molecule has 1 aliphatic heterocycles. The van der Waals surface area contributed by atoms with Crippen LogP contribution in [-0.2, 0) is 9.53 Å². The summed E-state index contributed by atoms with van der Waals surface area (Å²) in [6, 6.07) is 3.13. The Morgan fingerprint density at radius 1 is 1.25 bits per heavy atom. The lowest BCUT2D eigenvalue weighted by Gasteiger charge is -2.28. The van der Waals surface area contributed by atoms with Gasteiger partial charge in [-0.15, -0.1) is 0 Å². The lowest BCUT2D eigenvalue weighted by Crippen LogP contribution is -2.45. The smallest absolute Gasteiger partial charge is 0.422 e. The maximum Gasteiger partial charge on any atom is 0.422 e. The summed E-state index contributed by atoms with van der Waals surface area (Å²) in [5.74, 6) is -0.354. The predicted octanol–water partition coefficient (Wildman–Crippen LogP) is 3.22. The van der Waals surface area contributed by atoms with E-state index >= 15 is 0 Å². The third kappa shape index (κ3) is 5.30. The molecule has 0 aliphatic carbocycles. The predicted molar refractivity (Wildman–Crippen MR) is 92.9 cm³/mol. The Bertz CT molecular complexity index is 777. The quantitative estimate of drug-likeness (QED) is 0.684. The maximum absolute atomic E-state index is 12.4. The molecular formula is C18H21F3N2O5. The average molecular weight is 402 g/mol. The summed E-state index contributed by atoms with van der Waals surface area (Å²) in [6.45, 7) is 2.09. The number of amides is 2. The fourth-order valence-electron chi connectivity index (χ4n) is 2.63. The summed E-state index contributed by atoms with van der Waals surface area (Å²) in [5.41, 5.74) is 0.396. The van der Waals surface area contributed by atoms with Crippen molar-refractivity contribution in [2.24, 2.45) is 0 Å². The highest BCUT2D eigenvalue weighted by atomic mass is 19.4. The molecule has 0 spiro atoms. The Kier molecular flexibility index (Phi) is 6.76. The standard InChI is InChI=1S/C18H21F3N2O5/c1-4-7-27-12-6-5-11(8-13(12)26-3)15-14(10(2)22-17(25)23-15)16(24)28-9-18(19,20)21/h5-6,8,15H,4,7,9H2,1-3H3,(H2,22,23,25). The van der Waals surface area contributed by atoms with E-state index in [0.717, 1.165) is 6.42 Å². The normalized spacial score (nSPS) is 16.9. The summed E-state index contributed by atoms with van der Waals surface area (Å²) in [6.07, 6.45) is -3.88. The van der Waals surface area contributed by atoms with E-state index in [1.54, 1.807) is 18.2 Å². The van der Waals surface area contributed by atoms with Crippen LogP contribution in [0.5, 0.6) is 11.5 Å². The van der Waals surface area contributed by atoms with Gasteiger partial charge in [-0.05, 0) is 31.0 Å². The number of hydrogen-bond acceptors (Lipinski definition) is 5. The van der Waals surface area contributed by atoms with Crippen LogP contribution in [0, 0.1) is 0 Å². The number of ether oxygens (including phenoxy) is 3. The second-order valence-corrected chi connectivity index (χ2v) is 6.02. The van der Waals surface area contributed by atoms with Crippen molar-refractivity contribution in [1.82, 2.24) is 10.6 Å². The van der Waals surface area contributed by atoms with Gasteiger partial charge in [0.1, 0.15) is 0 Å². The Hall–Kier alpha value is -2.91. The number of halogens is 3. The zero-order valence-electron chi connectivity index (χ0n) is 15.6. The lowest BCUT2D eigenvalue weighted by molar-refractivity contribution is -0.183. The largest absolute Gasteiger partial charge is 0.493 e. The van der Waals surface area contributed by atoms with Crippen molar-refractivity contribution in [3.63, 3.8) is 0 Å². The minimum Gasteiger partial charge on any atom is -0.493 e. The van der Waals surface area contributed by atoms with Crippen LogP contribution in [0.25, 0.3) is 0 Å². The first-order valence-corrected chi connectivity index (χ1v) is 8.49.